The minimum absolute atomic E-state index is 0.248. The minimum Gasteiger partial charge on any atom is -0.489 e. The predicted molar refractivity (Wildman–Crippen MR) is 146 cm³/mol. The molecule has 0 saturated heterocycles. The molecule has 0 atom stereocenters. The van der Waals surface area contributed by atoms with Crippen molar-refractivity contribution in [3.8, 4) is 5.75 Å². The number of aromatic nitrogens is 1. The van der Waals surface area contributed by atoms with Gasteiger partial charge in [-0.15, -0.1) is 0 Å². The van der Waals surface area contributed by atoms with E-state index >= 15 is 0 Å². The summed E-state index contributed by atoms with van der Waals surface area (Å²) in [4.78, 5) is 15.7. The summed E-state index contributed by atoms with van der Waals surface area (Å²) in [5.74, 6) is -0.205. The summed E-state index contributed by atoms with van der Waals surface area (Å²) >= 11 is 6.37. The van der Waals surface area contributed by atoms with Crippen LogP contribution in [0.15, 0.2) is 103 Å². The smallest absolute Gasteiger partial charge is 0.335 e. The van der Waals surface area contributed by atoms with Gasteiger partial charge in [0.2, 0.25) is 0 Å². The van der Waals surface area contributed by atoms with E-state index in [9.17, 15) is 9.90 Å². The summed E-state index contributed by atoms with van der Waals surface area (Å²) in [6.45, 7) is 0.854. The van der Waals surface area contributed by atoms with E-state index in [0.717, 1.165) is 44.2 Å². The fourth-order valence-electron chi connectivity index (χ4n) is 4.02. The SMILES string of the molecule is O=C(O)c1ccc(C=C(CNc2cnc3ccccc3c2)COc2ccc(Cl)c3ccccc23)cc1. The van der Waals surface area contributed by atoms with Crippen LogP contribution in [0.5, 0.6) is 5.75 Å². The molecule has 0 spiro atoms. The van der Waals surface area contributed by atoms with Gasteiger partial charge in [0.25, 0.3) is 0 Å². The molecule has 5 aromatic rings. The number of nitrogens with zero attached hydrogens (tertiary/aromatic N) is 1. The molecule has 1 heterocycles. The quantitative estimate of drug-likeness (QED) is 0.236. The highest BCUT2D eigenvalue weighted by molar-refractivity contribution is 6.35. The molecule has 4 aromatic carbocycles. The van der Waals surface area contributed by atoms with Crippen molar-refractivity contribution in [2.45, 2.75) is 0 Å². The number of carboxylic acid groups (broad SMARTS) is 1. The van der Waals surface area contributed by atoms with Gasteiger partial charge in [-0.2, -0.15) is 0 Å². The summed E-state index contributed by atoms with van der Waals surface area (Å²) in [5, 5.41) is 16.3. The summed E-state index contributed by atoms with van der Waals surface area (Å²) in [7, 11) is 0. The molecule has 2 N–H and O–H groups in total. The first-order valence-electron chi connectivity index (χ1n) is 11.5. The van der Waals surface area contributed by atoms with Crippen LogP contribution in [0.3, 0.4) is 0 Å². The topological polar surface area (TPSA) is 71.5 Å². The van der Waals surface area contributed by atoms with Gasteiger partial charge in [0, 0.05) is 27.7 Å². The number of halogens is 1. The molecule has 5 nitrogen and oxygen atoms in total. The summed E-state index contributed by atoms with van der Waals surface area (Å²) in [6, 6.07) is 28.4. The maximum atomic E-state index is 11.2. The maximum absolute atomic E-state index is 11.2. The number of rotatable bonds is 8. The second-order valence-electron chi connectivity index (χ2n) is 8.38. The van der Waals surface area contributed by atoms with Crippen LogP contribution in [0.2, 0.25) is 5.02 Å². The van der Waals surface area contributed by atoms with Crippen molar-refractivity contribution in [3.63, 3.8) is 0 Å². The zero-order valence-corrected chi connectivity index (χ0v) is 20.1. The normalized spacial score (nSPS) is 11.5. The number of pyridine rings is 1. The van der Waals surface area contributed by atoms with Crippen LogP contribution < -0.4 is 10.1 Å². The van der Waals surface area contributed by atoms with Crippen molar-refractivity contribution in [1.82, 2.24) is 4.98 Å². The Morgan fingerprint density at radius 2 is 1.69 bits per heavy atom. The molecule has 0 aliphatic carbocycles. The molecule has 36 heavy (non-hydrogen) atoms. The lowest BCUT2D eigenvalue weighted by molar-refractivity contribution is 0.0697. The first kappa shape index (κ1) is 23.4. The molecule has 6 heteroatoms. The number of fused-ring (bicyclic) bond motifs is 2. The number of anilines is 1. The average Bonchev–Trinajstić information content (AvgIpc) is 2.91. The van der Waals surface area contributed by atoms with Crippen LogP contribution in [0, 0.1) is 0 Å². The monoisotopic (exact) mass is 494 g/mol. The average molecular weight is 495 g/mol. The van der Waals surface area contributed by atoms with Gasteiger partial charge in [-0.05, 0) is 47.5 Å². The van der Waals surface area contributed by atoms with Crippen LogP contribution in [0.1, 0.15) is 15.9 Å². The maximum Gasteiger partial charge on any atom is 0.335 e. The Bertz CT molecular complexity index is 1580. The van der Waals surface area contributed by atoms with Crippen molar-refractivity contribution >= 4 is 51.0 Å². The van der Waals surface area contributed by atoms with E-state index in [0.29, 0.717) is 18.2 Å². The highest BCUT2D eigenvalue weighted by atomic mass is 35.5. The van der Waals surface area contributed by atoms with Gasteiger partial charge >= 0.3 is 5.97 Å². The number of hydrogen-bond acceptors (Lipinski definition) is 4. The number of benzene rings is 4. The van der Waals surface area contributed by atoms with Crippen molar-refractivity contribution < 1.29 is 14.6 Å². The van der Waals surface area contributed by atoms with E-state index in [1.54, 1.807) is 24.3 Å². The second kappa shape index (κ2) is 10.5. The number of hydrogen-bond donors (Lipinski definition) is 2. The standard InChI is InChI=1S/C30H23ClN2O3/c31-27-13-14-29(26-7-3-2-6-25(26)27)36-19-21(15-20-9-11-22(12-10-20)30(34)35)17-32-24-16-23-5-1-4-8-28(23)33-18-24/h1-16,18,32H,17,19H2,(H,34,35). The van der Waals surface area contributed by atoms with Gasteiger partial charge in [0.05, 0.1) is 23.0 Å². The highest BCUT2D eigenvalue weighted by Crippen LogP contribution is 2.31. The van der Waals surface area contributed by atoms with Crippen LogP contribution in [0.4, 0.5) is 5.69 Å². The molecule has 0 aliphatic heterocycles. The molecule has 0 unspecified atom stereocenters. The van der Waals surface area contributed by atoms with E-state index in [1.165, 1.54) is 0 Å². The first-order chi connectivity index (χ1) is 17.6. The lowest BCUT2D eigenvalue weighted by atomic mass is 10.1. The third-order valence-corrected chi connectivity index (χ3v) is 6.21. The fraction of sp³-hybridized carbons (Fsp3) is 0.0667. The zero-order chi connectivity index (χ0) is 24.9. The van der Waals surface area contributed by atoms with E-state index in [1.807, 2.05) is 72.9 Å². The largest absolute Gasteiger partial charge is 0.489 e. The number of carboxylic acids is 1. The third-order valence-electron chi connectivity index (χ3n) is 5.88. The van der Waals surface area contributed by atoms with Gasteiger partial charge in [-0.1, -0.05) is 72.3 Å². The van der Waals surface area contributed by atoms with Crippen molar-refractivity contribution in [1.29, 1.82) is 0 Å². The van der Waals surface area contributed by atoms with Crippen molar-refractivity contribution in [2.75, 3.05) is 18.5 Å². The molecular formula is C30H23ClN2O3. The van der Waals surface area contributed by atoms with E-state index in [4.69, 9.17) is 16.3 Å². The molecule has 178 valence electrons. The molecule has 0 radical (unpaired) electrons. The lowest BCUT2D eigenvalue weighted by Crippen LogP contribution is -2.12. The fourth-order valence-corrected chi connectivity index (χ4v) is 4.24. The van der Waals surface area contributed by atoms with Crippen LogP contribution in [-0.4, -0.2) is 29.2 Å². The third kappa shape index (κ3) is 5.32. The zero-order valence-electron chi connectivity index (χ0n) is 19.3. The summed E-state index contributed by atoms with van der Waals surface area (Å²) in [5.41, 5.74) is 3.95. The second-order valence-corrected chi connectivity index (χ2v) is 8.79. The van der Waals surface area contributed by atoms with Crippen LogP contribution >= 0.6 is 11.6 Å². The summed E-state index contributed by atoms with van der Waals surface area (Å²) in [6.07, 6.45) is 3.82. The molecule has 0 aliphatic rings. The molecule has 0 bridgehead atoms. The predicted octanol–water partition coefficient (Wildman–Crippen LogP) is 7.31. The van der Waals surface area contributed by atoms with Crippen molar-refractivity contribution in [2.24, 2.45) is 0 Å². The number of ether oxygens (including phenoxy) is 1. The Morgan fingerprint density at radius 3 is 2.50 bits per heavy atom. The molecule has 0 fully saturated rings. The van der Waals surface area contributed by atoms with Gasteiger partial charge in [0.1, 0.15) is 12.4 Å². The lowest BCUT2D eigenvalue weighted by Gasteiger charge is -2.15. The molecular weight excluding hydrogens is 472 g/mol. The van der Waals surface area contributed by atoms with Gasteiger partial charge in [0.15, 0.2) is 0 Å². The molecule has 0 saturated carbocycles. The number of aromatic carboxylic acids is 1. The van der Waals surface area contributed by atoms with Crippen LogP contribution in [0.25, 0.3) is 27.8 Å². The number of carbonyl (C=O) groups is 1. The minimum atomic E-state index is -0.950. The Kier molecular flexibility index (Phi) is 6.83. The van der Waals surface area contributed by atoms with Gasteiger partial charge in [-0.25, -0.2) is 4.79 Å². The van der Waals surface area contributed by atoms with Crippen LogP contribution in [-0.2, 0) is 0 Å². The summed E-state index contributed by atoms with van der Waals surface area (Å²) < 4.78 is 6.25. The van der Waals surface area contributed by atoms with Gasteiger partial charge in [-0.3, -0.25) is 4.98 Å². The highest BCUT2D eigenvalue weighted by Gasteiger charge is 2.08. The Labute approximate surface area is 213 Å². The van der Waals surface area contributed by atoms with E-state index < -0.39 is 5.97 Å². The van der Waals surface area contributed by atoms with Crippen molar-refractivity contribution in [3.05, 3.63) is 119 Å². The Morgan fingerprint density at radius 1 is 0.944 bits per heavy atom. The Hall–Kier alpha value is -4.35. The number of nitrogens with one attached hydrogen (secondary N) is 1. The van der Waals surface area contributed by atoms with E-state index in [2.05, 4.69) is 16.4 Å². The van der Waals surface area contributed by atoms with Gasteiger partial charge < -0.3 is 15.2 Å². The number of para-hydroxylation sites is 1. The molecule has 1 aromatic heterocycles. The Balaban J connectivity index is 1.40. The molecule has 5 rings (SSSR count). The first-order valence-corrected chi connectivity index (χ1v) is 11.9. The molecule has 0 amide bonds. The van der Waals surface area contributed by atoms with E-state index in [-0.39, 0.29) is 5.56 Å².